The average molecular weight is 671 g/mol. The highest BCUT2D eigenvalue weighted by atomic mass is 127. The predicted molar refractivity (Wildman–Crippen MR) is 172 cm³/mol. The van der Waals surface area contributed by atoms with Gasteiger partial charge < -0.3 is 25.8 Å². The summed E-state index contributed by atoms with van der Waals surface area (Å²) in [7, 11) is 5.51. The molecule has 0 aliphatic rings. The van der Waals surface area contributed by atoms with Gasteiger partial charge in [-0.2, -0.15) is 10.2 Å². The molecule has 2 aromatic rings. The third-order valence-corrected chi connectivity index (χ3v) is 6.48. The summed E-state index contributed by atoms with van der Waals surface area (Å²) in [5, 5.41) is 18.4. The lowest BCUT2D eigenvalue weighted by molar-refractivity contribution is -0.135. The first-order valence-electron chi connectivity index (χ1n) is 13.5. The third kappa shape index (κ3) is 11.8. The first kappa shape index (κ1) is 33.5. The number of nitrogens with zero attached hydrogens (tertiary/aromatic N) is 5. The molecule has 0 aliphatic heterocycles. The van der Waals surface area contributed by atoms with Gasteiger partial charge in [-0.05, 0) is 51.2 Å². The summed E-state index contributed by atoms with van der Waals surface area (Å²) < 4.78 is -0.0630. The van der Waals surface area contributed by atoms with Gasteiger partial charge in [0.15, 0.2) is 0 Å². The molecule has 0 bridgehead atoms. The van der Waals surface area contributed by atoms with E-state index in [0.29, 0.717) is 48.8 Å². The van der Waals surface area contributed by atoms with Crippen LogP contribution in [0.3, 0.4) is 0 Å². The van der Waals surface area contributed by atoms with E-state index < -0.39 is 6.04 Å². The number of halogens is 1. The zero-order valence-electron chi connectivity index (χ0n) is 24.4. The molecule has 0 spiro atoms. The van der Waals surface area contributed by atoms with Crippen LogP contribution in [0.2, 0.25) is 0 Å². The van der Waals surface area contributed by atoms with Crippen LogP contribution in [0.15, 0.2) is 42.6 Å². The number of rotatable bonds is 14. The summed E-state index contributed by atoms with van der Waals surface area (Å²) in [6, 6.07) is 8.59. The molecule has 0 saturated heterocycles. The molecule has 0 radical (unpaired) electrons. The van der Waals surface area contributed by atoms with Crippen molar-refractivity contribution in [1.82, 2.24) is 25.1 Å². The van der Waals surface area contributed by atoms with Gasteiger partial charge in [-0.1, -0.05) is 54.4 Å². The van der Waals surface area contributed by atoms with E-state index in [1.807, 2.05) is 25.9 Å². The van der Waals surface area contributed by atoms with Crippen molar-refractivity contribution in [3.63, 3.8) is 0 Å². The first-order chi connectivity index (χ1) is 19.7. The minimum atomic E-state index is -0.570. The van der Waals surface area contributed by atoms with Crippen LogP contribution in [0.1, 0.15) is 44.2 Å². The molecule has 1 aromatic heterocycles. The highest BCUT2D eigenvalue weighted by Crippen LogP contribution is 2.18. The maximum absolute atomic E-state index is 12.9. The zero-order valence-corrected chi connectivity index (χ0v) is 26.5. The zero-order chi connectivity index (χ0) is 30.2. The number of alkyl halides is 1. The molecule has 2 atom stereocenters. The van der Waals surface area contributed by atoms with Crippen LogP contribution in [0.4, 0.5) is 17.5 Å². The maximum atomic E-state index is 12.9. The van der Waals surface area contributed by atoms with E-state index in [0.717, 1.165) is 18.7 Å². The molecule has 218 valence electrons. The highest BCUT2D eigenvalue weighted by Gasteiger charge is 2.29. The summed E-state index contributed by atoms with van der Waals surface area (Å²) in [5.74, 6) is 6.98. The third-order valence-electron chi connectivity index (χ3n) is 5.80. The number of carbonyl (C=O) groups excluding carboxylic acids is 2. The fourth-order valence-electron chi connectivity index (χ4n) is 3.63. The van der Waals surface area contributed by atoms with Crippen molar-refractivity contribution < 1.29 is 9.59 Å². The number of aromatic nitrogens is 2. The Hall–Kier alpha value is -3.68. The summed E-state index contributed by atoms with van der Waals surface area (Å²) in [6.45, 7) is 5.84. The van der Waals surface area contributed by atoms with E-state index in [1.165, 1.54) is 11.0 Å². The van der Waals surface area contributed by atoms with Gasteiger partial charge in [-0.3, -0.25) is 9.59 Å². The summed E-state index contributed by atoms with van der Waals surface area (Å²) in [5.41, 5.74) is 2.05. The molecule has 3 N–H and O–H groups in total. The number of nitriles is 1. The van der Waals surface area contributed by atoms with E-state index in [2.05, 4.69) is 73.3 Å². The summed E-state index contributed by atoms with van der Waals surface area (Å²) in [6.07, 6.45) is 7.15. The van der Waals surface area contributed by atoms with Crippen molar-refractivity contribution >= 4 is 51.9 Å². The maximum Gasteiger partial charge on any atom is 0.246 e. The first-order valence-corrected chi connectivity index (χ1v) is 14.8. The van der Waals surface area contributed by atoms with Crippen LogP contribution in [-0.2, 0) is 9.59 Å². The molecule has 2 unspecified atom stereocenters. The summed E-state index contributed by atoms with van der Waals surface area (Å²) >= 11 is 2.18. The lowest BCUT2D eigenvalue weighted by Crippen LogP contribution is -2.51. The van der Waals surface area contributed by atoms with Gasteiger partial charge in [0.2, 0.25) is 17.8 Å². The van der Waals surface area contributed by atoms with E-state index in [9.17, 15) is 9.59 Å². The van der Waals surface area contributed by atoms with Crippen LogP contribution < -0.4 is 16.0 Å². The quantitative estimate of drug-likeness (QED) is 0.0909. The monoisotopic (exact) mass is 670 g/mol. The topological polar surface area (TPSA) is 126 Å². The molecular weight excluding hydrogens is 631 g/mol. The van der Waals surface area contributed by atoms with Crippen LogP contribution in [0.25, 0.3) is 0 Å². The smallest absolute Gasteiger partial charge is 0.246 e. The Kier molecular flexibility index (Phi) is 14.6. The summed E-state index contributed by atoms with van der Waals surface area (Å²) in [4.78, 5) is 37.8. The molecule has 1 heterocycles. The van der Waals surface area contributed by atoms with Crippen LogP contribution in [0.5, 0.6) is 0 Å². The Bertz CT molecular complexity index is 1280. The van der Waals surface area contributed by atoms with Gasteiger partial charge >= 0.3 is 0 Å². The number of unbranched alkanes of at least 4 members (excludes halogenated alkanes) is 1. The van der Waals surface area contributed by atoms with Gasteiger partial charge in [-0.15, -0.1) is 0 Å². The fourth-order valence-corrected chi connectivity index (χ4v) is 4.44. The number of amides is 2. The molecule has 2 rings (SSSR count). The van der Waals surface area contributed by atoms with Crippen molar-refractivity contribution in [2.45, 2.75) is 43.1 Å². The Morgan fingerprint density at radius 1 is 1.17 bits per heavy atom. The SMILES string of the molecule is CCCNc1nc(Nc2ccc(C#N)cc2)ncc1C#CCCCNC(=O)C(C(C)I)N(C)C(=O)/C=C/CN(C)C. The number of hydrogen-bond acceptors (Lipinski definition) is 8. The van der Waals surface area contributed by atoms with Gasteiger partial charge in [-0.25, -0.2) is 4.98 Å². The van der Waals surface area contributed by atoms with E-state index in [-0.39, 0.29) is 15.7 Å². The molecule has 2 amide bonds. The lowest BCUT2D eigenvalue weighted by atomic mass is 10.1. The largest absolute Gasteiger partial charge is 0.369 e. The molecule has 0 saturated carbocycles. The molecule has 0 aliphatic carbocycles. The van der Waals surface area contributed by atoms with E-state index in [4.69, 9.17) is 5.26 Å². The second kappa shape index (κ2) is 17.9. The van der Waals surface area contributed by atoms with Crippen LogP contribution >= 0.6 is 22.6 Å². The fraction of sp³-hybridized carbons (Fsp3) is 0.433. The lowest BCUT2D eigenvalue weighted by Gasteiger charge is -2.28. The van der Waals surface area contributed by atoms with Crippen molar-refractivity contribution in [3.05, 3.63) is 53.7 Å². The second-order valence-electron chi connectivity index (χ2n) is 9.63. The molecule has 11 heteroatoms. The van der Waals surface area contributed by atoms with Crippen LogP contribution in [-0.4, -0.2) is 82.3 Å². The number of anilines is 3. The van der Waals surface area contributed by atoms with Gasteiger partial charge in [0.25, 0.3) is 0 Å². The number of likely N-dealkylation sites (N-methyl/N-ethyl adjacent to an activating group) is 2. The molecule has 41 heavy (non-hydrogen) atoms. The number of hydrogen-bond donors (Lipinski definition) is 3. The molecule has 0 fully saturated rings. The predicted octanol–water partition coefficient (Wildman–Crippen LogP) is 3.93. The molecule has 1 aromatic carbocycles. The van der Waals surface area contributed by atoms with Crippen molar-refractivity contribution in [2.75, 3.05) is 51.4 Å². The minimum absolute atomic E-state index is 0.0630. The van der Waals surface area contributed by atoms with Gasteiger partial charge in [0.05, 0.1) is 23.4 Å². The standard InChI is InChI=1S/C30H39IN8O2/c1-6-17-33-28-24(21-35-30(37-28)36-25-15-13-23(20-32)14-16-25)11-8-7-9-18-34-29(41)27(22(2)31)39(5)26(40)12-10-19-38(3)4/h10,12-16,21-22,27H,6-7,9,17-19H2,1-5H3,(H,34,41)(H2,33,35,36,37)/b12-10+. The Labute approximate surface area is 257 Å². The normalized spacial score (nSPS) is 12.1. The second-order valence-corrected chi connectivity index (χ2v) is 11.6. The number of carbonyl (C=O) groups is 2. The van der Waals surface area contributed by atoms with Crippen molar-refractivity contribution in [2.24, 2.45) is 0 Å². The van der Waals surface area contributed by atoms with Crippen molar-refractivity contribution in [1.29, 1.82) is 5.26 Å². The Morgan fingerprint density at radius 2 is 1.90 bits per heavy atom. The van der Waals surface area contributed by atoms with E-state index in [1.54, 1.807) is 43.6 Å². The molecule has 10 nitrogen and oxygen atoms in total. The van der Waals surface area contributed by atoms with Gasteiger partial charge in [0, 0.05) is 48.8 Å². The van der Waals surface area contributed by atoms with Crippen molar-refractivity contribution in [3.8, 4) is 17.9 Å². The average Bonchev–Trinajstić information content (AvgIpc) is 2.94. The molecular formula is C30H39IN8O2. The van der Waals surface area contributed by atoms with E-state index >= 15 is 0 Å². The number of nitrogens with one attached hydrogen (secondary N) is 3. The Morgan fingerprint density at radius 3 is 2.54 bits per heavy atom. The number of benzene rings is 1. The van der Waals surface area contributed by atoms with Gasteiger partial charge in [0.1, 0.15) is 11.9 Å². The highest BCUT2D eigenvalue weighted by molar-refractivity contribution is 14.1. The minimum Gasteiger partial charge on any atom is -0.369 e. The Balaban J connectivity index is 1.94. The van der Waals surface area contributed by atoms with Crippen LogP contribution in [0, 0.1) is 23.2 Å².